The first-order valence-electron chi connectivity index (χ1n) is 4.64. The standard InChI is InChI=1S/C10H10ClN3S2/c1-6(8-3-2-7(11)4-13-8)15-9-5-14-10(12)16-9/h2-6H,1H3,(H2,12,14)/t6-/m0/s1. The summed E-state index contributed by atoms with van der Waals surface area (Å²) in [5, 5.41) is 1.51. The lowest BCUT2D eigenvalue weighted by Crippen LogP contribution is -1.91. The van der Waals surface area contributed by atoms with Crippen molar-refractivity contribution in [2.24, 2.45) is 0 Å². The summed E-state index contributed by atoms with van der Waals surface area (Å²) in [4.78, 5) is 8.29. The molecule has 2 aromatic heterocycles. The summed E-state index contributed by atoms with van der Waals surface area (Å²) < 4.78 is 1.10. The van der Waals surface area contributed by atoms with Crippen molar-refractivity contribution < 1.29 is 0 Å². The van der Waals surface area contributed by atoms with Gasteiger partial charge in [0.15, 0.2) is 5.13 Å². The van der Waals surface area contributed by atoms with Crippen molar-refractivity contribution in [2.45, 2.75) is 16.4 Å². The van der Waals surface area contributed by atoms with Gasteiger partial charge < -0.3 is 5.73 Å². The van der Waals surface area contributed by atoms with E-state index in [0.717, 1.165) is 9.90 Å². The van der Waals surface area contributed by atoms with Gasteiger partial charge in [0.05, 0.1) is 21.1 Å². The van der Waals surface area contributed by atoms with Crippen LogP contribution >= 0.6 is 34.7 Å². The SMILES string of the molecule is C[C@H](Sc1cnc(N)s1)c1ccc(Cl)cn1. The molecule has 0 bridgehead atoms. The highest BCUT2D eigenvalue weighted by Gasteiger charge is 2.10. The molecule has 0 unspecified atom stereocenters. The number of thioether (sulfide) groups is 1. The molecule has 2 N–H and O–H groups in total. The van der Waals surface area contributed by atoms with E-state index in [2.05, 4.69) is 16.9 Å². The summed E-state index contributed by atoms with van der Waals surface area (Å²) in [7, 11) is 0. The molecule has 0 aliphatic rings. The van der Waals surface area contributed by atoms with Gasteiger partial charge in [0.25, 0.3) is 0 Å². The van der Waals surface area contributed by atoms with Gasteiger partial charge in [0.2, 0.25) is 0 Å². The van der Waals surface area contributed by atoms with Crippen molar-refractivity contribution >= 4 is 39.8 Å². The average Bonchev–Trinajstić information content (AvgIpc) is 2.65. The lowest BCUT2D eigenvalue weighted by Gasteiger charge is -2.08. The van der Waals surface area contributed by atoms with E-state index in [9.17, 15) is 0 Å². The summed E-state index contributed by atoms with van der Waals surface area (Å²) in [6.45, 7) is 2.09. The van der Waals surface area contributed by atoms with Crippen molar-refractivity contribution in [2.75, 3.05) is 5.73 Å². The largest absolute Gasteiger partial charge is 0.375 e. The first-order valence-corrected chi connectivity index (χ1v) is 6.72. The fraction of sp³-hybridized carbons (Fsp3) is 0.200. The van der Waals surface area contributed by atoms with Gasteiger partial charge in [-0.1, -0.05) is 22.9 Å². The Bertz CT molecular complexity index is 469. The number of hydrogen-bond donors (Lipinski definition) is 1. The summed E-state index contributed by atoms with van der Waals surface area (Å²) >= 11 is 8.97. The topological polar surface area (TPSA) is 51.8 Å². The number of thiazole rings is 1. The number of halogens is 1. The quantitative estimate of drug-likeness (QED) is 0.866. The Morgan fingerprint density at radius 1 is 1.38 bits per heavy atom. The van der Waals surface area contributed by atoms with Gasteiger partial charge >= 0.3 is 0 Å². The van der Waals surface area contributed by atoms with E-state index in [4.69, 9.17) is 17.3 Å². The Kier molecular flexibility index (Phi) is 3.68. The predicted octanol–water partition coefficient (Wildman–Crippen LogP) is 3.63. The fourth-order valence-electron chi connectivity index (χ4n) is 1.19. The molecule has 0 aliphatic carbocycles. The molecule has 0 amide bonds. The van der Waals surface area contributed by atoms with Gasteiger partial charge in [-0.05, 0) is 19.1 Å². The minimum absolute atomic E-state index is 0.261. The third-order valence-electron chi connectivity index (χ3n) is 1.96. The Morgan fingerprint density at radius 2 is 2.19 bits per heavy atom. The number of nitrogens with two attached hydrogens (primary N) is 1. The maximum Gasteiger partial charge on any atom is 0.181 e. The van der Waals surface area contributed by atoms with Gasteiger partial charge in [0, 0.05) is 11.4 Å². The Balaban J connectivity index is 2.08. The average molecular weight is 272 g/mol. The molecule has 0 radical (unpaired) electrons. The lowest BCUT2D eigenvalue weighted by molar-refractivity contribution is 1.01. The van der Waals surface area contributed by atoms with Crippen LogP contribution in [-0.4, -0.2) is 9.97 Å². The van der Waals surface area contributed by atoms with Crippen LogP contribution in [0, 0.1) is 0 Å². The van der Waals surface area contributed by atoms with E-state index < -0.39 is 0 Å². The first-order chi connectivity index (χ1) is 7.65. The number of pyridine rings is 1. The van der Waals surface area contributed by atoms with E-state index in [0.29, 0.717) is 10.2 Å². The minimum Gasteiger partial charge on any atom is -0.375 e. The molecule has 2 aromatic rings. The number of rotatable bonds is 3. The van der Waals surface area contributed by atoms with Gasteiger partial charge in [-0.25, -0.2) is 4.98 Å². The van der Waals surface area contributed by atoms with Gasteiger partial charge in [-0.2, -0.15) is 0 Å². The Labute approximate surface area is 107 Å². The molecule has 2 rings (SSSR count). The highest BCUT2D eigenvalue weighted by Crippen LogP contribution is 2.37. The molecule has 3 nitrogen and oxygen atoms in total. The van der Waals surface area contributed by atoms with Crippen LogP contribution in [0.2, 0.25) is 5.02 Å². The molecule has 16 heavy (non-hydrogen) atoms. The van der Waals surface area contributed by atoms with Crippen molar-refractivity contribution in [3.63, 3.8) is 0 Å². The van der Waals surface area contributed by atoms with Crippen LogP contribution in [0.4, 0.5) is 5.13 Å². The molecular formula is C10H10ClN3S2. The Hall–Kier alpha value is -0.780. The maximum atomic E-state index is 5.79. The molecule has 6 heteroatoms. The van der Waals surface area contributed by atoms with Gasteiger partial charge in [-0.15, -0.1) is 11.8 Å². The van der Waals surface area contributed by atoms with Crippen LogP contribution in [0.5, 0.6) is 0 Å². The minimum atomic E-state index is 0.261. The van der Waals surface area contributed by atoms with E-state index in [1.807, 2.05) is 12.1 Å². The van der Waals surface area contributed by atoms with Crippen molar-refractivity contribution in [1.29, 1.82) is 0 Å². The number of hydrogen-bond acceptors (Lipinski definition) is 5. The van der Waals surface area contributed by atoms with E-state index in [1.54, 1.807) is 24.2 Å². The molecular weight excluding hydrogens is 262 g/mol. The zero-order valence-electron chi connectivity index (χ0n) is 8.55. The predicted molar refractivity (Wildman–Crippen MR) is 70.0 cm³/mol. The highest BCUT2D eigenvalue weighted by atomic mass is 35.5. The number of aromatic nitrogens is 2. The normalized spacial score (nSPS) is 12.6. The van der Waals surface area contributed by atoms with Crippen molar-refractivity contribution in [1.82, 2.24) is 9.97 Å². The van der Waals surface area contributed by atoms with Crippen LogP contribution < -0.4 is 5.73 Å². The molecule has 0 saturated heterocycles. The molecule has 0 saturated carbocycles. The molecule has 0 aromatic carbocycles. The highest BCUT2D eigenvalue weighted by molar-refractivity contribution is 8.01. The number of nitrogens with zero attached hydrogens (tertiary/aromatic N) is 2. The van der Waals surface area contributed by atoms with Crippen LogP contribution in [0.1, 0.15) is 17.9 Å². The number of anilines is 1. The van der Waals surface area contributed by atoms with Crippen molar-refractivity contribution in [3.05, 3.63) is 35.2 Å². The monoisotopic (exact) mass is 271 g/mol. The fourth-order valence-corrected chi connectivity index (χ4v) is 3.32. The summed E-state index contributed by atoms with van der Waals surface area (Å²) in [6.07, 6.45) is 3.45. The molecule has 2 heterocycles. The zero-order valence-corrected chi connectivity index (χ0v) is 10.9. The number of nitrogen functional groups attached to an aromatic ring is 1. The van der Waals surface area contributed by atoms with E-state index >= 15 is 0 Å². The molecule has 84 valence electrons. The zero-order chi connectivity index (χ0) is 11.5. The first kappa shape index (κ1) is 11.7. The molecule has 0 aliphatic heterocycles. The maximum absolute atomic E-state index is 5.79. The molecule has 0 fully saturated rings. The van der Waals surface area contributed by atoms with Crippen LogP contribution in [0.15, 0.2) is 28.7 Å². The van der Waals surface area contributed by atoms with E-state index in [1.165, 1.54) is 11.3 Å². The second kappa shape index (κ2) is 5.03. The second-order valence-electron chi connectivity index (χ2n) is 3.18. The third-order valence-corrected chi connectivity index (χ3v) is 4.28. The van der Waals surface area contributed by atoms with Crippen molar-refractivity contribution in [3.8, 4) is 0 Å². The summed E-state index contributed by atoms with van der Waals surface area (Å²) in [5.74, 6) is 0. The molecule has 1 atom stereocenters. The third kappa shape index (κ3) is 2.87. The van der Waals surface area contributed by atoms with Crippen LogP contribution in [0.25, 0.3) is 0 Å². The molecule has 0 spiro atoms. The Morgan fingerprint density at radius 3 is 2.75 bits per heavy atom. The van der Waals surface area contributed by atoms with Crippen LogP contribution in [-0.2, 0) is 0 Å². The summed E-state index contributed by atoms with van der Waals surface area (Å²) in [5.41, 5.74) is 6.58. The van der Waals surface area contributed by atoms with Gasteiger partial charge in [-0.3, -0.25) is 4.98 Å². The summed E-state index contributed by atoms with van der Waals surface area (Å²) in [6, 6.07) is 3.78. The second-order valence-corrected chi connectivity index (χ2v) is 6.32. The van der Waals surface area contributed by atoms with Crippen LogP contribution in [0.3, 0.4) is 0 Å². The lowest BCUT2D eigenvalue weighted by atomic mass is 10.3. The van der Waals surface area contributed by atoms with Gasteiger partial charge in [0.1, 0.15) is 0 Å². The smallest absolute Gasteiger partial charge is 0.181 e. The van der Waals surface area contributed by atoms with E-state index in [-0.39, 0.29) is 5.25 Å².